The first kappa shape index (κ1) is 15.6. The zero-order valence-corrected chi connectivity index (χ0v) is 14.8. The summed E-state index contributed by atoms with van der Waals surface area (Å²) in [5, 5.41) is 8.14. The van der Waals surface area contributed by atoms with Gasteiger partial charge in [0.15, 0.2) is 0 Å². The molecule has 5 rings (SSSR count). The Morgan fingerprint density at radius 3 is 2.56 bits per heavy atom. The molecule has 0 aliphatic carbocycles. The van der Waals surface area contributed by atoms with Crippen LogP contribution in [-0.2, 0) is 6.54 Å². The molecule has 0 atom stereocenters. The molecule has 0 spiro atoms. The number of para-hydroxylation sites is 1. The quantitative estimate of drug-likeness (QED) is 0.530. The maximum atomic E-state index is 13.0. The van der Waals surface area contributed by atoms with Crippen molar-refractivity contribution in [2.75, 3.05) is 7.11 Å². The van der Waals surface area contributed by atoms with Gasteiger partial charge >= 0.3 is 0 Å². The Hall–Kier alpha value is -3.60. The number of hydrogen-bond donors (Lipinski definition) is 1. The monoisotopic (exact) mass is 355 g/mol. The lowest BCUT2D eigenvalue weighted by atomic mass is 10.1. The minimum atomic E-state index is -0.0875. The molecule has 132 valence electrons. The molecule has 5 aromatic rings. The number of fused-ring (bicyclic) bond motifs is 5. The van der Waals surface area contributed by atoms with Crippen molar-refractivity contribution < 1.29 is 4.74 Å². The highest BCUT2D eigenvalue weighted by atomic mass is 16.5. The molecule has 2 aromatic heterocycles. The fraction of sp³-hybridized carbons (Fsp3) is 0.0909. The zero-order valence-electron chi connectivity index (χ0n) is 14.8. The predicted molar refractivity (Wildman–Crippen MR) is 107 cm³/mol. The van der Waals surface area contributed by atoms with Crippen LogP contribution in [0.25, 0.3) is 32.6 Å². The van der Waals surface area contributed by atoms with Crippen LogP contribution in [0.4, 0.5) is 0 Å². The van der Waals surface area contributed by atoms with Gasteiger partial charge in [0.05, 0.1) is 25.2 Å². The number of methoxy groups -OCH3 is 1. The molecular formula is C22H17N3O2. The molecule has 2 heterocycles. The third-order valence-electron chi connectivity index (χ3n) is 4.99. The Morgan fingerprint density at radius 2 is 1.74 bits per heavy atom. The summed E-state index contributed by atoms with van der Waals surface area (Å²) < 4.78 is 6.69. The van der Waals surface area contributed by atoms with Crippen LogP contribution in [0.3, 0.4) is 0 Å². The Kier molecular flexibility index (Phi) is 3.47. The number of benzene rings is 3. The summed E-state index contributed by atoms with van der Waals surface area (Å²) in [6.07, 6.45) is 1.79. The molecule has 0 aliphatic rings. The minimum absolute atomic E-state index is 0.0875. The number of nitrogens with one attached hydrogen (secondary N) is 1. The Balaban J connectivity index is 1.67. The molecule has 5 heteroatoms. The average Bonchev–Trinajstić information content (AvgIpc) is 3.09. The minimum Gasteiger partial charge on any atom is -0.497 e. The average molecular weight is 355 g/mol. The van der Waals surface area contributed by atoms with Gasteiger partial charge < -0.3 is 9.72 Å². The summed E-state index contributed by atoms with van der Waals surface area (Å²) in [7, 11) is 1.63. The van der Waals surface area contributed by atoms with Crippen molar-refractivity contribution in [1.82, 2.24) is 14.8 Å². The Labute approximate surface area is 154 Å². The molecule has 0 bridgehead atoms. The van der Waals surface area contributed by atoms with E-state index in [2.05, 4.69) is 16.1 Å². The van der Waals surface area contributed by atoms with Crippen LogP contribution in [0.5, 0.6) is 5.75 Å². The lowest BCUT2D eigenvalue weighted by Gasteiger charge is -2.08. The number of aromatic amines is 1. The fourth-order valence-corrected chi connectivity index (χ4v) is 3.63. The highest BCUT2D eigenvalue weighted by Gasteiger charge is 2.12. The highest BCUT2D eigenvalue weighted by molar-refractivity contribution is 6.19. The van der Waals surface area contributed by atoms with Gasteiger partial charge in [0, 0.05) is 27.2 Å². The molecule has 3 aromatic carbocycles. The number of nitrogens with zero attached hydrogens (tertiary/aromatic N) is 2. The number of H-pyrrole nitrogens is 1. The third kappa shape index (κ3) is 2.47. The van der Waals surface area contributed by atoms with Crippen molar-refractivity contribution in [3.63, 3.8) is 0 Å². The van der Waals surface area contributed by atoms with Gasteiger partial charge in [0.25, 0.3) is 5.56 Å². The molecule has 0 fully saturated rings. The smallest absolute Gasteiger partial charge is 0.274 e. The number of rotatable bonds is 3. The van der Waals surface area contributed by atoms with Crippen molar-refractivity contribution in [1.29, 1.82) is 0 Å². The first-order chi connectivity index (χ1) is 13.2. The number of hydrogen-bond acceptors (Lipinski definition) is 3. The summed E-state index contributed by atoms with van der Waals surface area (Å²) in [4.78, 5) is 16.4. The van der Waals surface area contributed by atoms with Crippen LogP contribution >= 0.6 is 0 Å². The summed E-state index contributed by atoms with van der Waals surface area (Å²) in [6.45, 7) is 0.421. The van der Waals surface area contributed by atoms with E-state index in [1.54, 1.807) is 13.3 Å². The van der Waals surface area contributed by atoms with Gasteiger partial charge in [0.1, 0.15) is 5.75 Å². The van der Waals surface area contributed by atoms with Crippen LogP contribution in [0, 0.1) is 0 Å². The molecular weight excluding hydrogens is 338 g/mol. The van der Waals surface area contributed by atoms with E-state index in [0.29, 0.717) is 11.9 Å². The van der Waals surface area contributed by atoms with Gasteiger partial charge in [-0.2, -0.15) is 5.10 Å². The van der Waals surface area contributed by atoms with Crippen LogP contribution < -0.4 is 10.3 Å². The van der Waals surface area contributed by atoms with Crippen LogP contribution in [-0.4, -0.2) is 21.9 Å². The largest absolute Gasteiger partial charge is 0.497 e. The van der Waals surface area contributed by atoms with Gasteiger partial charge in [0.2, 0.25) is 0 Å². The Bertz CT molecular complexity index is 1350. The third-order valence-corrected chi connectivity index (χ3v) is 4.99. The molecule has 0 saturated carbocycles. The maximum absolute atomic E-state index is 13.0. The molecule has 0 unspecified atom stereocenters. The second-order valence-corrected chi connectivity index (χ2v) is 6.58. The second kappa shape index (κ2) is 5.99. The molecule has 27 heavy (non-hydrogen) atoms. The zero-order chi connectivity index (χ0) is 18.4. The lowest BCUT2D eigenvalue weighted by Crippen LogP contribution is -2.23. The van der Waals surface area contributed by atoms with Crippen molar-refractivity contribution >= 4 is 32.6 Å². The fourth-order valence-electron chi connectivity index (χ4n) is 3.63. The van der Waals surface area contributed by atoms with E-state index < -0.39 is 0 Å². The van der Waals surface area contributed by atoms with Crippen LogP contribution in [0.1, 0.15) is 5.56 Å². The van der Waals surface area contributed by atoms with Crippen molar-refractivity contribution in [3.8, 4) is 5.75 Å². The van der Waals surface area contributed by atoms with Gasteiger partial charge in [-0.3, -0.25) is 4.79 Å². The van der Waals surface area contributed by atoms with E-state index in [4.69, 9.17) is 4.74 Å². The van der Waals surface area contributed by atoms with E-state index in [-0.39, 0.29) is 5.56 Å². The van der Waals surface area contributed by atoms with Crippen molar-refractivity contribution in [2.24, 2.45) is 0 Å². The first-order valence-corrected chi connectivity index (χ1v) is 8.77. The summed E-state index contributed by atoms with van der Waals surface area (Å²) in [6, 6.07) is 19.6. The molecule has 0 saturated heterocycles. The number of ether oxygens (including phenoxy) is 1. The maximum Gasteiger partial charge on any atom is 0.274 e. The summed E-state index contributed by atoms with van der Waals surface area (Å²) in [5.41, 5.74) is 2.98. The Morgan fingerprint density at radius 1 is 0.926 bits per heavy atom. The highest BCUT2D eigenvalue weighted by Crippen LogP contribution is 2.30. The second-order valence-electron chi connectivity index (χ2n) is 6.58. The van der Waals surface area contributed by atoms with E-state index in [1.165, 1.54) is 4.68 Å². The number of aromatic nitrogens is 3. The van der Waals surface area contributed by atoms with E-state index in [9.17, 15) is 4.79 Å². The molecule has 0 aliphatic heterocycles. The van der Waals surface area contributed by atoms with E-state index in [0.717, 1.165) is 38.5 Å². The van der Waals surface area contributed by atoms with E-state index in [1.807, 2.05) is 54.6 Å². The topological polar surface area (TPSA) is 59.9 Å². The first-order valence-electron chi connectivity index (χ1n) is 8.77. The molecule has 5 nitrogen and oxygen atoms in total. The SMILES string of the molecule is COc1ccc(Cn2ncc3c(ccc4[nH]c5ccccc5c43)c2=O)cc1. The molecule has 0 radical (unpaired) electrons. The van der Waals surface area contributed by atoms with Gasteiger partial charge in [-0.05, 0) is 35.9 Å². The summed E-state index contributed by atoms with van der Waals surface area (Å²) in [5.74, 6) is 0.791. The van der Waals surface area contributed by atoms with Gasteiger partial charge in [-0.15, -0.1) is 0 Å². The molecule has 0 amide bonds. The van der Waals surface area contributed by atoms with Crippen LogP contribution in [0.15, 0.2) is 71.7 Å². The predicted octanol–water partition coefficient (Wildman–Crippen LogP) is 4.09. The lowest BCUT2D eigenvalue weighted by molar-refractivity contribution is 0.414. The van der Waals surface area contributed by atoms with Gasteiger partial charge in [-0.1, -0.05) is 30.3 Å². The van der Waals surface area contributed by atoms with Crippen LogP contribution in [0.2, 0.25) is 0 Å². The molecule has 1 N–H and O–H groups in total. The van der Waals surface area contributed by atoms with Crippen molar-refractivity contribution in [3.05, 3.63) is 82.8 Å². The van der Waals surface area contributed by atoms with E-state index >= 15 is 0 Å². The standard InChI is InChI=1S/C22H17N3O2/c1-27-15-8-6-14(7-9-15)13-25-22(26)16-10-11-20-21(18(16)12-23-25)17-4-2-3-5-19(17)24-20/h2-12,24H,13H2,1H3. The normalized spacial score (nSPS) is 11.4. The summed E-state index contributed by atoms with van der Waals surface area (Å²) >= 11 is 0. The van der Waals surface area contributed by atoms with Crippen molar-refractivity contribution in [2.45, 2.75) is 6.54 Å². The van der Waals surface area contributed by atoms with Gasteiger partial charge in [-0.25, -0.2) is 4.68 Å².